The second-order valence-corrected chi connectivity index (χ2v) is 12.4. The van der Waals surface area contributed by atoms with Crippen LogP contribution in [0.1, 0.15) is 25.3 Å². The van der Waals surface area contributed by atoms with Gasteiger partial charge in [-0.05, 0) is 37.1 Å². The summed E-state index contributed by atoms with van der Waals surface area (Å²) in [5.74, 6) is 0.674. The summed E-state index contributed by atoms with van der Waals surface area (Å²) in [7, 11) is 0. The van der Waals surface area contributed by atoms with Crippen LogP contribution in [0.5, 0.6) is 5.75 Å². The second kappa shape index (κ2) is 11.9. The Balaban J connectivity index is 1.18. The minimum Gasteiger partial charge on any atom is -0.598 e. The van der Waals surface area contributed by atoms with Gasteiger partial charge in [-0.15, -0.1) is 4.31 Å². The number of oxazole rings is 1. The zero-order valence-electron chi connectivity index (χ0n) is 23.1. The van der Waals surface area contributed by atoms with E-state index in [9.17, 15) is 19.8 Å². The fourth-order valence-corrected chi connectivity index (χ4v) is 6.18. The Kier molecular flexibility index (Phi) is 8.03. The van der Waals surface area contributed by atoms with Gasteiger partial charge in [0.15, 0.2) is 11.4 Å². The number of quaternary nitrogens is 1. The molecule has 12 nitrogen and oxygen atoms in total. The summed E-state index contributed by atoms with van der Waals surface area (Å²) >= 11 is -1.48. The summed E-state index contributed by atoms with van der Waals surface area (Å²) in [4.78, 5) is 19.7. The third-order valence-corrected chi connectivity index (χ3v) is 9.24. The highest BCUT2D eigenvalue weighted by molar-refractivity contribution is 7.88. The Bertz CT molecular complexity index is 1570. The lowest BCUT2D eigenvalue weighted by atomic mass is 10.1. The maximum Gasteiger partial charge on any atom is 0.316 e. The average Bonchev–Trinajstić information content (AvgIpc) is 3.48. The van der Waals surface area contributed by atoms with Gasteiger partial charge in [-0.3, -0.25) is 4.79 Å². The fraction of sp³-hybridized carbons (Fsp3) is 0.345. The standard InChI is InChI=1S/C29H32N6O6S/c1-29(9-10-29)20-41-26-25(18-31-34(28(26)36)23-5-3-2-4-6-23)32-12-14-33(15-13-32)42(39)19-22-17-21(27-30-11-16-40-27)7-8-24(22)35(37)38/h2-8,11,16-18,35,37H,9-10,12-15,19-20H2,1H3. The molecule has 1 saturated heterocycles. The zero-order chi connectivity index (χ0) is 29.3. The molecule has 13 heteroatoms. The highest BCUT2D eigenvalue weighted by atomic mass is 32.2. The van der Waals surface area contributed by atoms with E-state index in [1.165, 1.54) is 23.2 Å². The molecule has 42 heavy (non-hydrogen) atoms. The molecule has 1 unspecified atom stereocenters. The number of rotatable bonds is 10. The highest BCUT2D eigenvalue weighted by Crippen LogP contribution is 2.45. The predicted octanol–water partition coefficient (Wildman–Crippen LogP) is 2.46. The molecule has 1 aliphatic heterocycles. The Morgan fingerprint density at radius 2 is 1.90 bits per heavy atom. The minimum atomic E-state index is -1.48. The van der Waals surface area contributed by atoms with Crippen LogP contribution in [-0.4, -0.2) is 61.6 Å². The van der Waals surface area contributed by atoms with E-state index in [4.69, 9.17) is 9.15 Å². The van der Waals surface area contributed by atoms with Gasteiger partial charge in [0.1, 0.15) is 12.0 Å². The topological polar surface area (TPSA) is 147 Å². The van der Waals surface area contributed by atoms with Crippen LogP contribution in [0.25, 0.3) is 17.1 Å². The van der Waals surface area contributed by atoms with Gasteiger partial charge in [-0.1, -0.05) is 25.1 Å². The summed E-state index contributed by atoms with van der Waals surface area (Å²) in [6.45, 7) is 4.50. The monoisotopic (exact) mass is 592 g/mol. The molecule has 4 aromatic rings. The number of nitrogens with one attached hydrogen (secondary N) is 1. The minimum absolute atomic E-state index is 0.0395. The molecule has 2 aliphatic rings. The van der Waals surface area contributed by atoms with Crippen LogP contribution in [0, 0.1) is 10.6 Å². The molecule has 1 aliphatic carbocycles. The maximum atomic E-state index is 13.6. The number of aromatic nitrogens is 3. The SMILES string of the molecule is CC1(COc2c(N3CCN([S+]([O-])Cc4cc(-c5ncco5)ccc4[N@H+]([O-])O)CC3)cnn(-c3ccccc3)c2=O)CC1. The molecule has 0 bridgehead atoms. The van der Waals surface area contributed by atoms with Crippen molar-refractivity contribution in [2.75, 3.05) is 37.7 Å². The Labute approximate surface area is 245 Å². The third-order valence-electron chi connectivity index (χ3n) is 7.75. The maximum absolute atomic E-state index is 13.6. The molecule has 3 heterocycles. The average molecular weight is 593 g/mol. The van der Waals surface area contributed by atoms with E-state index in [0.29, 0.717) is 61.2 Å². The van der Waals surface area contributed by atoms with E-state index in [1.807, 2.05) is 39.5 Å². The van der Waals surface area contributed by atoms with Crippen LogP contribution in [0.4, 0.5) is 11.4 Å². The number of ether oxygens (including phenoxy) is 1. The quantitative estimate of drug-likeness (QED) is 0.208. The van der Waals surface area contributed by atoms with E-state index in [0.717, 1.165) is 12.8 Å². The lowest BCUT2D eigenvalue weighted by molar-refractivity contribution is -0.991. The molecular weight excluding hydrogens is 560 g/mol. The molecular formula is C29H32N6O6S. The number of benzene rings is 2. The zero-order valence-corrected chi connectivity index (χ0v) is 24.0. The van der Waals surface area contributed by atoms with E-state index in [-0.39, 0.29) is 28.2 Å². The molecule has 6 rings (SSSR count). The number of piperazine rings is 1. The number of anilines is 1. The van der Waals surface area contributed by atoms with Crippen molar-refractivity contribution in [1.82, 2.24) is 19.1 Å². The molecule has 220 valence electrons. The molecule has 2 aromatic carbocycles. The Hall–Kier alpha value is -3.72. The highest BCUT2D eigenvalue weighted by Gasteiger charge is 2.39. The first kappa shape index (κ1) is 28.4. The van der Waals surface area contributed by atoms with E-state index < -0.39 is 16.6 Å². The van der Waals surface area contributed by atoms with E-state index in [2.05, 4.69) is 17.0 Å². The van der Waals surface area contributed by atoms with Gasteiger partial charge in [0.05, 0.1) is 43.3 Å². The number of hydrogen-bond acceptors (Lipinski definition) is 10. The van der Waals surface area contributed by atoms with E-state index in [1.54, 1.807) is 18.3 Å². The van der Waals surface area contributed by atoms with Crippen LogP contribution in [0.3, 0.4) is 0 Å². The number of hydrogen-bond donors (Lipinski definition) is 2. The summed E-state index contributed by atoms with van der Waals surface area (Å²) in [6.07, 6.45) is 6.75. The van der Waals surface area contributed by atoms with Gasteiger partial charge in [-0.25, -0.2) is 10.2 Å². The van der Waals surface area contributed by atoms with Crippen molar-refractivity contribution < 1.29 is 24.1 Å². The van der Waals surface area contributed by atoms with Crippen LogP contribution in [0.15, 0.2) is 76.4 Å². The largest absolute Gasteiger partial charge is 0.598 e. The van der Waals surface area contributed by atoms with Crippen LogP contribution < -0.4 is 20.4 Å². The number of para-hydroxylation sites is 1. The van der Waals surface area contributed by atoms with Gasteiger partial charge >= 0.3 is 5.56 Å². The van der Waals surface area contributed by atoms with Crippen molar-refractivity contribution in [2.45, 2.75) is 25.5 Å². The Morgan fingerprint density at radius 3 is 2.57 bits per heavy atom. The molecule has 0 amide bonds. The van der Waals surface area contributed by atoms with Crippen molar-refractivity contribution in [3.63, 3.8) is 0 Å². The summed E-state index contributed by atoms with van der Waals surface area (Å²) in [6, 6.07) is 14.0. The van der Waals surface area contributed by atoms with Crippen molar-refractivity contribution in [3.05, 3.63) is 88.3 Å². The fourth-order valence-electron chi connectivity index (χ4n) is 4.93. The van der Waals surface area contributed by atoms with Gasteiger partial charge in [-0.2, -0.15) is 15.0 Å². The molecule has 2 N–H and O–H groups in total. The van der Waals surface area contributed by atoms with Gasteiger partial charge in [0.2, 0.25) is 11.6 Å². The van der Waals surface area contributed by atoms with Crippen molar-refractivity contribution in [2.24, 2.45) is 5.41 Å². The summed E-state index contributed by atoms with van der Waals surface area (Å²) < 4.78 is 28.1. The van der Waals surface area contributed by atoms with Gasteiger partial charge in [0.25, 0.3) is 0 Å². The first-order valence-corrected chi connectivity index (χ1v) is 15.0. The summed E-state index contributed by atoms with van der Waals surface area (Å²) in [5.41, 5.74) is 2.19. The van der Waals surface area contributed by atoms with Crippen LogP contribution in [0.2, 0.25) is 0 Å². The molecule has 2 atom stereocenters. The first-order chi connectivity index (χ1) is 20.3. The Morgan fingerprint density at radius 1 is 1.14 bits per heavy atom. The predicted molar refractivity (Wildman–Crippen MR) is 156 cm³/mol. The smallest absolute Gasteiger partial charge is 0.316 e. The van der Waals surface area contributed by atoms with E-state index >= 15 is 0 Å². The molecule has 1 saturated carbocycles. The molecule has 0 spiro atoms. The molecule has 2 aromatic heterocycles. The van der Waals surface area contributed by atoms with Crippen molar-refractivity contribution >= 4 is 22.7 Å². The van der Waals surface area contributed by atoms with Crippen molar-refractivity contribution in [1.29, 1.82) is 0 Å². The van der Waals surface area contributed by atoms with Crippen LogP contribution >= 0.6 is 0 Å². The lowest BCUT2D eigenvalue weighted by Crippen LogP contribution is -2.99. The van der Waals surface area contributed by atoms with Crippen molar-refractivity contribution in [3.8, 4) is 22.9 Å². The van der Waals surface area contributed by atoms with Crippen LogP contribution in [-0.2, 0) is 17.1 Å². The molecule has 2 fully saturated rings. The lowest BCUT2D eigenvalue weighted by Gasteiger charge is -2.36. The van der Waals surface area contributed by atoms with Gasteiger partial charge in [0, 0.05) is 41.5 Å². The first-order valence-electron chi connectivity index (χ1n) is 13.8. The number of nitrogens with zero attached hydrogens (tertiary/aromatic N) is 5. The third kappa shape index (κ3) is 6.07. The second-order valence-electron chi connectivity index (χ2n) is 10.9. The van der Waals surface area contributed by atoms with Gasteiger partial charge < -0.3 is 23.8 Å². The summed E-state index contributed by atoms with van der Waals surface area (Å²) in [5, 5.41) is 24.9. The normalized spacial score (nSPS) is 18.0. The molecule has 0 radical (unpaired) electrons.